The molecule has 138 valence electrons. The van der Waals surface area contributed by atoms with E-state index in [9.17, 15) is 18.0 Å². The van der Waals surface area contributed by atoms with Crippen molar-refractivity contribution in [2.75, 3.05) is 0 Å². The van der Waals surface area contributed by atoms with E-state index in [0.29, 0.717) is 17.4 Å². The maximum absolute atomic E-state index is 12.4. The molecule has 2 aliphatic rings. The topological polar surface area (TPSA) is 64.3 Å². The molecular formula is C18H23F3N2O2. The zero-order valence-electron chi connectivity index (χ0n) is 13.9. The summed E-state index contributed by atoms with van der Waals surface area (Å²) < 4.78 is 40.3. The fourth-order valence-corrected chi connectivity index (χ4v) is 4.26. The minimum absolute atomic E-state index is 0.0955. The summed E-state index contributed by atoms with van der Waals surface area (Å²) in [5.74, 6) is 0.498. The number of amides is 1. The molecule has 2 bridgehead atoms. The van der Waals surface area contributed by atoms with E-state index in [4.69, 9.17) is 5.73 Å². The van der Waals surface area contributed by atoms with Gasteiger partial charge in [0.1, 0.15) is 5.75 Å². The van der Waals surface area contributed by atoms with Gasteiger partial charge in [0.15, 0.2) is 0 Å². The number of carbonyl (C=O) groups excluding carboxylic acids is 1. The lowest BCUT2D eigenvalue weighted by Gasteiger charge is -2.45. The summed E-state index contributed by atoms with van der Waals surface area (Å²) in [4.78, 5) is 12.4. The molecule has 0 saturated heterocycles. The van der Waals surface area contributed by atoms with Crippen LogP contribution in [0.3, 0.4) is 0 Å². The summed E-state index contributed by atoms with van der Waals surface area (Å²) >= 11 is 0. The van der Waals surface area contributed by atoms with Gasteiger partial charge in [0.05, 0.1) is 6.42 Å². The molecule has 3 N–H and O–H groups in total. The van der Waals surface area contributed by atoms with Gasteiger partial charge < -0.3 is 15.8 Å². The van der Waals surface area contributed by atoms with Crippen molar-refractivity contribution < 1.29 is 22.7 Å². The first-order valence-electron chi connectivity index (χ1n) is 8.70. The normalized spacial score (nSPS) is 29.1. The molecule has 2 atom stereocenters. The van der Waals surface area contributed by atoms with Gasteiger partial charge in [0.25, 0.3) is 0 Å². The third-order valence-corrected chi connectivity index (χ3v) is 5.23. The monoisotopic (exact) mass is 356 g/mol. The number of hydrogen-bond donors (Lipinski definition) is 2. The molecule has 0 radical (unpaired) electrons. The molecule has 0 spiro atoms. The molecule has 2 fully saturated rings. The van der Waals surface area contributed by atoms with Crippen molar-refractivity contribution >= 4 is 5.91 Å². The van der Waals surface area contributed by atoms with Gasteiger partial charge in [-0.2, -0.15) is 0 Å². The Balaban J connectivity index is 1.56. The van der Waals surface area contributed by atoms with Crippen LogP contribution < -0.4 is 15.8 Å². The highest BCUT2D eigenvalue weighted by molar-refractivity contribution is 5.79. The molecule has 1 aromatic carbocycles. The second-order valence-electron chi connectivity index (χ2n) is 7.14. The largest absolute Gasteiger partial charge is 0.573 e. The Hall–Kier alpha value is -1.76. The summed E-state index contributed by atoms with van der Waals surface area (Å²) in [6, 6.07) is 5.82. The quantitative estimate of drug-likeness (QED) is 0.871. The van der Waals surface area contributed by atoms with Crippen LogP contribution in [0.2, 0.25) is 0 Å². The first-order valence-corrected chi connectivity index (χ1v) is 8.70. The molecular weight excluding hydrogens is 333 g/mol. The van der Waals surface area contributed by atoms with E-state index >= 15 is 0 Å². The van der Waals surface area contributed by atoms with Crippen LogP contribution in [0.25, 0.3) is 0 Å². The zero-order valence-corrected chi connectivity index (χ0v) is 13.9. The number of nitrogens with two attached hydrogens (primary N) is 1. The lowest BCUT2D eigenvalue weighted by atomic mass is 9.67. The van der Waals surface area contributed by atoms with Crippen LogP contribution in [0.1, 0.15) is 37.7 Å². The van der Waals surface area contributed by atoms with Crippen LogP contribution in [0, 0.1) is 11.8 Å². The number of rotatable bonds is 4. The third kappa shape index (κ3) is 4.87. The number of fused-ring (bicyclic) bond motifs is 2. The van der Waals surface area contributed by atoms with Crippen molar-refractivity contribution in [3.8, 4) is 5.75 Å². The van der Waals surface area contributed by atoms with Gasteiger partial charge in [-0.1, -0.05) is 18.6 Å². The lowest BCUT2D eigenvalue weighted by molar-refractivity contribution is -0.274. The highest BCUT2D eigenvalue weighted by atomic mass is 19.4. The van der Waals surface area contributed by atoms with Gasteiger partial charge in [-0.25, -0.2) is 0 Å². The Morgan fingerprint density at radius 2 is 1.76 bits per heavy atom. The van der Waals surface area contributed by atoms with Gasteiger partial charge in [0.2, 0.25) is 5.91 Å². The van der Waals surface area contributed by atoms with Gasteiger partial charge in [0, 0.05) is 12.1 Å². The minimum atomic E-state index is -4.71. The average molecular weight is 356 g/mol. The van der Waals surface area contributed by atoms with Gasteiger partial charge in [-0.3, -0.25) is 4.79 Å². The highest BCUT2D eigenvalue weighted by Gasteiger charge is 2.39. The number of ether oxygens (including phenoxy) is 1. The van der Waals surface area contributed by atoms with Crippen LogP contribution in [0.15, 0.2) is 24.3 Å². The fourth-order valence-electron chi connectivity index (χ4n) is 4.26. The van der Waals surface area contributed by atoms with Crippen molar-refractivity contribution in [3.05, 3.63) is 29.8 Å². The molecule has 2 saturated carbocycles. The Labute approximate surface area is 144 Å². The number of carbonyl (C=O) groups is 1. The average Bonchev–Trinajstić information content (AvgIpc) is 2.49. The lowest BCUT2D eigenvalue weighted by Crippen LogP contribution is -2.54. The summed E-state index contributed by atoms with van der Waals surface area (Å²) in [7, 11) is 0. The molecule has 0 aromatic heterocycles. The number of halogens is 3. The SMILES string of the molecule is NC1CC2CCCC(C1)C2NC(=O)Cc1ccc(OC(F)(F)F)cc1. The summed E-state index contributed by atoms with van der Waals surface area (Å²) in [6.45, 7) is 0. The van der Waals surface area contributed by atoms with E-state index < -0.39 is 6.36 Å². The van der Waals surface area contributed by atoms with Crippen LogP contribution >= 0.6 is 0 Å². The Bertz CT molecular complexity index is 589. The van der Waals surface area contributed by atoms with Crippen molar-refractivity contribution in [2.24, 2.45) is 17.6 Å². The zero-order chi connectivity index (χ0) is 18.0. The molecule has 25 heavy (non-hydrogen) atoms. The van der Waals surface area contributed by atoms with Crippen molar-refractivity contribution in [2.45, 2.75) is 57.0 Å². The molecule has 1 aromatic rings. The van der Waals surface area contributed by atoms with E-state index in [2.05, 4.69) is 10.1 Å². The summed E-state index contributed by atoms with van der Waals surface area (Å²) in [5.41, 5.74) is 6.75. The Kier molecular flexibility index (Phi) is 5.22. The highest BCUT2D eigenvalue weighted by Crippen LogP contribution is 2.39. The Morgan fingerprint density at radius 1 is 1.16 bits per heavy atom. The van der Waals surface area contributed by atoms with E-state index in [1.807, 2.05) is 0 Å². The molecule has 3 rings (SSSR count). The number of hydrogen-bond acceptors (Lipinski definition) is 3. The van der Waals surface area contributed by atoms with E-state index in [1.54, 1.807) is 0 Å². The maximum atomic E-state index is 12.4. The molecule has 0 aliphatic heterocycles. The van der Waals surface area contributed by atoms with Gasteiger partial charge in [-0.05, 0) is 55.2 Å². The first-order chi connectivity index (χ1) is 11.8. The predicted molar refractivity (Wildman–Crippen MR) is 86.8 cm³/mol. The standard InChI is InChI=1S/C18H23F3N2O2/c19-18(20,21)25-15-6-4-11(5-7-15)8-16(24)23-17-12-2-1-3-13(17)10-14(22)9-12/h4-7,12-14,17H,1-3,8-10,22H2,(H,23,24). The number of alkyl halides is 3. The van der Waals surface area contributed by atoms with E-state index in [0.717, 1.165) is 25.7 Å². The second-order valence-corrected chi connectivity index (χ2v) is 7.14. The molecule has 4 nitrogen and oxygen atoms in total. The van der Waals surface area contributed by atoms with Crippen molar-refractivity contribution in [1.82, 2.24) is 5.32 Å². The van der Waals surface area contributed by atoms with E-state index in [1.165, 1.54) is 30.7 Å². The van der Waals surface area contributed by atoms with Crippen LogP contribution in [-0.4, -0.2) is 24.4 Å². The molecule has 1 amide bonds. The van der Waals surface area contributed by atoms with Crippen molar-refractivity contribution in [3.63, 3.8) is 0 Å². The summed E-state index contributed by atoms with van der Waals surface area (Å²) in [5, 5.41) is 3.14. The first kappa shape index (κ1) is 18.0. The predicted octanol–water partition coefficient (Wildman–Crippen LogP) is 3.15. The molecule has 2 unspecified atom stereocenters. The fraction of sp³-hybridized carbons (Fsp3) is 0.611. The van der Waals surface area contributed by atoms with E-state index in [-0.39, 0.29) is 30.2 Å². The maximum Gasteiger partial charge on any atom is 0.573 e. The Morgan fingerprint density at radius 3 is 2.32 bits per heavy atom. The van der Waals surface area contributed by atoms with Crippen molar-refractivity contribution in [1.29, 1.82) is 0 Å². The van der Waals surface area contributed by atoms with Crippen LogP contribution in [-0.2, 0) is 11.2 Å². The van der Waals surface area contributed by atoms with Gasteiger partial charge >= 0.3 is 6.36 Å². The molecule has 0 heterocycles. The minimum Gasteiger partial charge on any atom is -0.406 e. The van der Waals surface area contributed by atoms with Gasteiger partial charge in [-0.15, -0.1) is 13.2 Å². The number of nitrogens with one attached hydrogen (secondary N) is 1. The molecule has 2 aliphatic carbocycles. The molecule has 7 heteroatoms. The summed E-state index contributed by atoms with van der Waals surface area (Å²) in [6.07, 6.45) is 0.717. The third-order valence-electron chi connectivity index (χ3n) is 5.23. The smallest absolute Gasteiger partial charge is 0.406 e. The number of benzene rings is 1. The van der Waals surface area contributed by atoms with Crippen LogP contribution in [0.4, 0.5) is 13.2 Å². The second kappa shape index (κ2) is 7.23. The van der Waals surface area contributed by atoms with Crippen LogP contribution in [0.5, 0.6) is 5.75 Å².